The summed E-state index contributed by atoms with van der Waals surface area (Å²) in [4.78, 5) is 7.48. The van der Waals surface area contributed by atoms with E-state index in [2.05, 4.69) is 47.3 Å². The number of aryl methyl sites for hydroxylation is 1. The molecule has 3 heteroatoms. The van der Waals surface area contributed by atoms with E-state index in [1.54, 1.807) is 6.20 Å². The highest BCUT2D eigenvalue weighted by molar-refractivity contribution is 5.37. The summed E-state index contributed by atoms with van der Waals surface area (Å²) in [5.74, 6) is 0.955. The minimum atomic E-state index is 0.134. The molecule has 0 aliphatic rings. The largest absolute Gasteiger partial charge is 0.347 e. The molecule has 3 nitrogen and oxygen atoms in total. The molecule has 0 spiro atoms. The van der Waals surface area contributed by atoms with Crippen molar-refractivity contribution in [2.45, 2.75) is 19.9 Å². The minimum absolute atomic E-state index is 0.134. The summed E-state index contributed by atoms with van der Waals surface area (Å²) < 4.78 is 0. The molecule has 16 heavy (non-hydrogen) atoms. The number of hydrogen-bond donors (Lipinski definition) is 2. The van der Waals surface area contributed by atoms with Crippen LogP contribution in [0.3, 0.4) is 0 Å². The zero-order valence-corrected chi connectivity index (χ0v) is 9.91. The highest BCUT2D eigenvalue weighted by Gasteiger charge is 2.16. The summed E-state index contributed by atoms with van der Waals surface area (Å²) in [5, 5.41) is 3.30. The molecule has 0 aliphatic heterocycles. The van der Waals surface area contributed by atoms with Crippen molar-refractivity contribution >= 4 is 0 Å². The van der Waals surface area contributed by atoms with Crippen molar-refractivity contribution in [2.75, 3.05) is 7.05 Å². The molecule has 1 heterocycles. The second kappa shape index (κ2) is 4.49. The van der Waals surface area contributed by atoms with Crippen molar-refractivity contribution in [1.29, 1.82) is 0 Å². The van der Waals surface area contributed by atoms with Gasteiger partial charge in [0.25, 0.3) is 0 Å². The molecule has 2 N–H and O–H groups in total. The fourth-order valence-corrected chi connectivity index (χ4v) is 1.96. The van der Waals surface area contributed by atoms with Crippen molar-refractivity contribution in [3.63, 3.8) is 0 Å². The average Bonchev–Trinajstić information content (AvgIpc) is 2.79. The normalized spacial score (nSPS) is 12.7. The summed E-state index contributed by atoms with van der Waals surface area (Å²) in [6.45, 7) is 4.28. The van der Waals surface area contributed by atoms with E-state index in [1.165, 1.54) is 16.7 Å². The monoisotopic (exact) mass is 215 g/mol. The Balaban J connectivity index is 2.45. The first-order valence-corrected chi connectivity index (χ1v) is 5.46. The third-order valence-corrected chi connectivity index (χ3v) is 3.04. The Hall–Kier alpha value is -1.61. The van der Waals surface area contributed by atoms with Gasteiger partial charge < -0.3 is 10.3 Å². The summed E-state index contributed by atoms with van der Waals surface area (Å²) >= 11 is 0. The lowest BCUT2D eigenvalue weighted by Crippen LogP contribution is -2.20. The van der Waals surface area contributed by atoms with Crippen molar-refractivity contribution in [1.82, 2.24) is 15.3 Å². The van der Waals surface area contributed by atoms with Gasteiger partial charge in [-0.15, -0.1) is 0 Å². The van der Waals surface area contributed by atoms with E-state index in [0.29, 0.717) is 0 Å². The van der Waals surface area contributed by atoms with E-state index < -0.39 is 0 Å². The van der Waals surface area contributed by atoms with Gasteiger partial charge in [0.1, 0.15) is 5.82 Å². The summed E-state index contributed by atoms with van der Waals surface area (Å²) in [6.07, 6.45) is 3.63. The summed E-state index contributed by atoms with van der Waals surface area (Å²) in [6, 6.07) is 6.50. The summed E-state index contributed by atoms with van der Waals surface area (Å²) in [7, 11) is 1.95. The van der Waals surface area contributed by atoms with Gasteiger partial charge in [-0.1, -0.05) is 18.2 Å². The van der Waals surface area contributed by atoms with Gasteiger partial charge in [-0.25, -0.2) is 4.98 Å². The van der Waals surface area contributed by atoms with Crippen molar-refractivity contribution in [3.8, 4) is 0 Å². The Morgan fingerprint density at radius 1 is 1.31 bits per heavy atom. The van der Waals surface area contributed by atoms with E-state index in [-0.39, 0.29) is 6.04 Å². The van der Waals surface area contributed by atoms with Gasteiger partial charge >= 0.3 is 0 Å². The Bertz CT molecular complexity index is 460. The predicted molar refractivity (Wildman–Crippen MR) is 65.4 cm³/mol. The third-order valence-electron chi connectivity index (χ3n) is 3.04. The van der Waals surface area contributed by atoms with Crippen molar-refractivity contribution in [2.24, 2.45) is 0 Å². The lowest BCUT2D eigenvalue weighted by Gasteiger charge is -2.17. The predicted octanol–water partition coefficient (Wildman–Crippen LogP) is 2.34. The molecule has 0 saturated carbocycles. The van der Waals surface area contributed by atoms with Gasteiger partial charge in [0.15, 0.2) is 0 Å². The Kier molecular flexibility index (Phi) is 3.06. The quantitative estimate of drug-likeness (QED) is 0.825. The number of hydrogen-bond acceptors (Lipinski definition) is 2. The molecule has 84 valence electrons. The molecule has 0 saturated heterocycles. The van der Waals surface area contributed by atoms with Crippen LogP contribution in [0.25, 0.3) is 0 Å². The van der Waals surface area contributed by atoms with Crippen LogP contribution in [-0.2, 0) is 0 Å². The molecule has 2 rings (SSSR count). The highest BCUT2D eigenvalue weighted by atomic mass is 15.0. The number of aromatic amines is 1. The molecule has 0 amide bonds. The van der Waals surface area contributed by atoms with Crippen LogP contribution in [0.2, 0.25) is 0 Å². The van der Waals surface area contributed by atoms with Gasteiger partial charge in [-0.2, -0.15) is 0 Å². The Morgan fingerprint density at radius 2 is 2.12 bits per heavy atom. The standard InChI is InChI=1S/C13H17N3/c1-9-5-4-6-11(10(9)2)12(14-3)13-15-7-8-16-13/h4-8,12,14H,1-3H3,(H,15,16). The van der Waals surface area contributed by atoms with E-state index in [4.69, 9.17) is 0 Å². The SMILES string of the molecule is CNC(c1ncc[nH]1)c1cccc(C)c1C. The zero-order valence-electron chi connectivity index (χ0n) is 9.91. The van der Waals surface area contributed by atoms with E-state index in [9.17, 15) is 0 Å². The number of H-pyrrole nitrogens is 1. The maximum atomic E-state index is 4.32. The molecule has 1 unspecified atom stereocenters. The lowest BCUT2D eigenvalue weighted by atomic mass is 9.97. The van der Waals surface area contributed by atoms with Gasteiger partial charge in [0.05, 0.1) is 6.04 Å². The van der Waals surface area contributed by atoms with Crippen LogP contribution in [0.5, 0.6) is 0 Å². The second-order valence-electron chi connectivity index (χ2n) is 3.99. The number of nitrogens with zero attached hydrogens (tertiary/aromatic N) is 1. The van der Waals surface area contributed by atoms with Crippen molar-refractivity contribution in [3.05, 3.63) is 53.1 Å². The molecule has 0 bridgehead atoms. The van der Waals surface area contributed by atoms with E-state index >= 15 is 0 Å². The second-order valence-corrected chi connectivity index (χ2v) is 3.99. The van der Waals surface area contributed by atoms with Crippen LogP contribution in [0.4, 0.5) is 0 Å². The maximum Gasteiger partial charge on any atom is 0.127 e. The average molecular weight is 215 g/mol. The first-order chi connectivity index (χ1) is 7.74. The lowest BCUT2D eigenvalue weighted by molar-refractivity contribution is 0.651. The zero-order chi connectivity index (χ0) is 11.5. The molecule has 0 radical (unpaired) electrons. The fraction of sp³-hybridized carbons (Fsp3) is 0.308. The maximum absolute atomic E-state index is 4.32. The van der Waals surface area contributed by atoms with Gasteiger partial charge in [-0.3, -0.25) is 0 Å². The van der Waals surface area contributed by atoms with Gasteiger partial charge in [0.2, 0.25) is 0 Å². The van der Waals surface area contributed by atoms with Gasteiger partial charge in [0, 0.05) is 12.4 Å². The number of rotatable bonds is 3. The van der Waals surface area contributed by atoms with Crippen LogP contribution >= 0.6 is 0 Å². The minimum Gasteiger partial charge on any atom is -0.347 e. The molecule has 0 fully saturated rings. The van der Waals surface area contributed by atoms with E-state index in [0.717, 1.165) is 5.82 Å². The van der Waals surface area contributed by atoms with Crippen LogP contribution in [-0.4, -0.2) is 17.0 Å². The Morgan fingerprint density at radius 3 is 2.75 bits per heavy atom. The van der Waals surface area contributed by atoms with Crippen LogP contribution in [0, 0.1) is 13.8 Å². The number of aromatic nitrogens is 2. The molecule has 2 aromatic rings. The Labute approximate surface area is 95.9 Å². The molecule has 1 aromatic carbocycles. The number of imidazole rings is 1. The van der Waals surface area contributed by atoms with Crippen LogP contribution < -0.4 is 5.32 Å². The molecule has 1 aromatic heterocycles. The van der Waals surface area contributed by atoms with Gasteiger partial charge in [-0.05, 0) is 37.6 Å². The van der Waals surface area contributed by atoms with Crippen LogP contribution in [0.15, 0.2) is 30.6 Å². The molecular weight excluding hydrogens is 198 g/mol. The molecule has 0 aliphatic carbocycles. The topological polar surface area (TPSA) is 40.7 Å². The number of benzene rings is 1. The first-order valence-electron chi connectivity index (χ1n) is 5.46. The van der Waals surface area contributed by atoms with E-state index in [1.807, 2.05) is 13.2 Å². The van der Waals surface area contributed by atoms with Crippen LogP contribution in [0.1, 0.15) is 28.6 Å². The summed E-state index contributed by atoms with van der Waals surface area (Å²) in [5.41, 5.74) is 3.90. The fourth-order valence-electron chi connectivity index (χ4n) is 1.96. The highest BCUT2D eigenvalue weighted by Crippen LogP contribution is 2.23. The van der Waals surface area contributed by atoms with Crippen molar-refractivity contribution < 1.29 is 0 Å². The smallest absolute Gasteiger partial charge is 0.127 e. The third kappa shape index (κ3) is 1.86. The molecule has 1 atom stereocenters. The molecular formula is C13H17N3. The number of nitrogens with one attached hydrogen (secondary N) is 2. The first kappa shape index (κ1) is 10.9.